The van der Waals surface area contributed by atoms with Crippen LogP contribution >= 0.6 is 0 Å². The summed E-state index contributed by atoms with van der Waals surface area (Å²) in [4.78, 5) is 8.55. The Labute approximate surface area is 144 Å². The van der Waals surface area contributed by atoms with Crippen LogP contribution < -0.4 is 4.90 Å². The van der Waals surface area contributed by atoms with E-state index in [0.717, 1.165) is 43.9 Å². The smallest absolute Gasteiger partial charge is 0.353 e. The Balaban J connectivity index is 1.59. The second-order valence-corrected chi connectivity index (χ2v) is 5.94. The zero-order chi connectivity index (χ0) is 17.9. The molecule has 0 saturated carbocycles. The third-order valence-corrected chi connectivity index (χ3v) is 4.27. The lowest BCUT2D eigenvalue weighted by molar-refractivity contribution is -0.137. The maximum absolute atomic E-state index is 12.6. The number of pyridine rings is 1. The van der Waals surface area contributed by atoms with Gasteiger partial charge in [-0.05, 0) is 29.8 Å². The molecule has 2 aromatic rings. The fourth-order valence-corrected chi connectivity index (χ4v) is 2.91. The van der Waals surface area contributed by atoms with E-state index < -0.39 is 11.7 Å². The van der Waals surface area contributed by atoms with Crippen LogP contribution in [0.1, 0.15) is 16.7 Å². The summed E-state index contributed by atoms with van der Waals surface area (Å²) in [5.74, 6) is 0.694. The molecule has 0 atom stereocenters. The summed E-state index contributed by atoms with van der Waals surface area (Å²) >= 11 is 0. The molecule has 1 saturated heterocycles. The highest BCUT2D eigenvalue weighted by atomic mass is 19.4. The van der Waals surface area contributed by atoms with Crippen molar-refractivity contribution in [2.75, 3.05) is 31.1 Å². The quantitative estimate of drug-likeness (QED) is 0.855. The highest BCUT2D eigenvalue weighted by molar-refractivity contribution is 5.53. The lowest BCUT2D eigenvalue weighted by atomic mass is 10.1. The Morgan fingerprint density at radius 2 is 1.72 bits per heavy atom. The van der Waals surface area contributed by atoms with Gasteiger partial charge < -0.3 is 4.90 Å². The van der Waals surface area contributed by atoms with E-state index in [-0.39, 0.29) is 0 Å². The first-order chi connectivity index (χ1) is 12.0. The molecule has 0 N–H and O–H groups in total. The number of hydrogen-bond acceptors (Lipinski definition) is 4. The Kier molecular flexibility index (Phi) is 4.91. The number of rotatable bonds is 3. The van der Waals surface area contributed by atoms with Gasteiger partial charge in [-0.25, -0.2) is 4.98 Å². The zero-order valence-corrected chi connectivity index (χ0v) is 13.5. The minimum absolute atomic E-state index is 0.554. The zero-order valence-electron chi connectivity index (χ0n) is 13.5. The Morgan fingerprint density at radius 3 is 2.32 bits per heavy atom. The van der Waals surface area contributed by atoms with Crippen molar-refractivity contribution in [3.8, 4) is 6.07 Å². The van der Waals surface area contributed by atoms with Crippen LogP contribution in [0.3, 0.4) is 0 Å². The van der Waals surface area contributed by atoms with Crippen molar-refractivity contribution in [3.63, 3.8) is 0 Å². The van der Waals surface area contributed by atoms with Gasteiger partial charge in [0.15, 0.2) is 0 Å². The van der Waals surface area contributed by atoms with Crippen molar-refractivity contribution in [1.29, 1.82) is 5.26 Å². The van der Waals surface area contributed by atoms with Crippen LogP contribution in [0.2, 0.25) is 0 Å². The molecule has 130 valence electrons. The van der Waals surface area contributed by atoms with Crippen LogP contribution in [0.5, 0.6) is 0 Å². The highest BCUT2D eigenvalue weighted by Crippen LogP contribution is 2.29. The van der Waals surface area contributed by atoms with Crippen LogP contribution in [-0.4, -0.2) is 36.1 Å². The van der Waals surface area contributed by atoms with Gasteiger partial charge in [0.25, 0.3) is 0 Å². The summed E-state index contributed by atoms with van der Waals surface area (Å²) in [5.41, 5.74) is 0.788. The Morgan fingerprint density at radius 1 is 1.04 bits per heavy atom. The molecule has 7 heteroatoms. The first-order valence-electron chi connectivity index (χ1n) is 7.96. The molecule has 2 heterocycles. The number of aromatic nitrogens is 1. The molecular formula is C18H17F3N4. The normalized spacial score (nSPS) is 15.8. The van der Waals surface area contributed by atoms with E-state index in [0.29, 0.717) is 17.9 Å². The number of hydrogen-bond donors (Lipinski definition) is 0. The lowest BCUT2D eigenvalue weighted by Gasteiger charge is -2.35. The molecule has 3 rings (SSSR count). The van der Waals surface area contributed by atoms with Gasteiger partial charge >= 0.3 is 6.18 Å². The number of nitrogens with zero attached hydrogens (tertiary/aromatic N) is 4. The van der Waals surface area contributed by atoms with Gasteiger partial charge in [-0.15, -0.1) is 0 Å². The summed E-state index contributed by atoms with van der Waals surface area (Å²) in [6.45, 7) is 3.60. The van der Waals surface area contributed by atoms with Gasteiger partial charge in [0, 0.05) is 38.9 Å². The number of halogens is 3. The molecular weight excluding hydrogens is 329 g/mol. The average Bonchev–Trinajstić information content (AvgIpc) is 2.62. The highest BCUT2D eigenvalue weighted by Gasteiger charge is 2.30. The SMILES string of the molecule is N#Cc1cccnc1N1CCN(Cc2ccc(C(F)(F)F)cc2)CC1. The van der Waals surface area contributed by atoms with Gasteiger partial charge in [0.05, 0.1) is 11.1 Å². The van der Waals surface area contributed by atoms with E-state index in [1.54, 1.807) is 18.3 Å². The summed E-state index contributed by atoms with van der Waals surface area (Å²) < 4.78 is 37.8. The summed E-state index contributed by atoms with van der Waals surface area (Å²) in [6.07, 6.45) is -2.63. The molecule has 1 aromatic carbocycles. The van der Waals surface area contributed by atoms with Crippen LogP contribution in [0.15, 0.2) is 42.6 Å². The van der Waals surface area contributed by atoms with E-state index in [1.807, 2.05) is 0 Å². The molecule has 25 heavy (non-hydrogen) atoms. The van der Waals surface area contributed by atoms with Crippen molar-refractivity contribution in [3.05, 3.63) is 59.3 Å². The minimum atomic E-state index is -4.30. The predicted molar refractivity (Wildman–Crippen MR) is 87.9 cm³/mol. The minimum Gasteiger partial charge on any atom is -0.353 e. The van der Waals surface area contributed by atoms with Gasteiger partial charge in [-0.1, -0.05) is 12.1 Å². The third kappa shape index (κ3) is 4.09. The largest absolute Gasteiger partial charge is 0.416 e. The second kappa shape index (κ2) is 7.11. The standard InChI is InChI=1S/C18H17F3N4/c19-18(20,21)16-5-3-14(4-6-16)13-24-8-10-25(11-9-24)17-15(12-22)2-1-7-23-17/h1-7H,8-11,13H2. The topological polar surface area (TPSA) is 43.2 Å². The molecule has 1 aliphatic heterocycles. The molecule has 0 aliphatic carbocycles. The van der Waals surface area contributed by atoms with Crippen molar-refractivity contribution < 1.29 is 13.2 Å². The second-order valence-electron chi connectivity index (χ2n) is 5.94. The van der Waals surface area contributed by atoms with E-state index in [2.05, 4.69) is 20.9 Å². The molecule has 0 amide bonds. The van der Waals surface area contributed by atoms with Gasteiger partial charge in [-0.2, -0.15) is 18.4 Å². The van der Waals surface area contributed by atoms with E-state index in [9.17, 15) is 13.2 Å². The maximum Gasteiger partial charge on any atom is 0.416 e. The number of alkyl halides is 3. The molecule has 1 aliphatic rings. The van der Waals surface area contributed by atoms with Crippen molar-refractivity contribution in [1.82, 2.24) is 9.88 Å². The molecule has 0 radical (unpaired) electrons. The summed E-state index contributed by atoms with van der Waals surface area (Å²) in [5, 5.41) is 9.17. The Hall–Kier alpha value is -2.59. The van der Waals surface area contributed by atoms with Crippen LogP contribution in [0.4, 0.5) is 19.0 Å². The number of nitriles is 1. The van der Waals surface area contributed by atoms with Crippen LogP contribution in [0.25, 0.3) is 0 Å². The average molecular weight is 346 g/mol. The van der Waals surface area contributed by atoms with Gasteiger partial charge in [-0.3, -0.25) is 4.90 Å². The fraction of sp³-hybridized carbons (Fsp3) is 0.333. The third-order valence-electron chi connectivity index (χ3n) is 4.27. The summed E-state index contributed by atoms with van der Waals surface area (Å²) in [6, 6.07) is 10.9. The Bertz CT molecular complexity index is 757. The molecule has 0 unspecified atom stereocenters. The molecule has 1 fully saturated rings. The van der Waals surface area contributed by atoms with E-state index >= 15 is 0 Å². The van der Waals surface area contributed by atoms with E-state index in [1.165, 1.54) is 12.1 Å². The molecule has 0 spiro atoms. The van der Waals surface area contributed by atoms with Crippen molar-refractivity contribution in [2.45, 2.75) is 12.7 Å². The molecule has 1 aromatic heterocycles. The van der Waals surface area contributed by atoms with Gasteiger partial charge in [0.2, 0.25) is 0 Å². The summed E-state index contributed by atoms with van der Waals surface area (Å²) in [7, 11) is 0. The monoisotopic (exact) mass is 346 g/mol. The number of benzene rings is 1. The van der Waals surface area contributed by atoms with Gasteiger partial charge in [0.1, 0.15) is 11.9 Å². The van der Waals surface area contributed by atoms with Crippen LogP contribution in [-0.2, 0) is 12.7 Å². The van der Waals surface area contributed by atoms with E-state index in [4.69, 9.17) is 5.26 Å². The fourth-order valence-electron chi connectivity index (χ4n) is 2.91. The number of anilines is 1. The van der Waals surface area contributed by atoms with Crippen molar-refractivity contribution in [2.24, 2.45) is 0 Å². The van der Waals surface area contributed by atoms with Crippen molar-refractivity contribution >= 4 is 5.82 Å². The van der Waals surface area contributed by atoms with Crippen LogP contribution in [0, 0.1) is 11.3 Å². The molecule has 0 bridgehead atoms. The number of piperazine rings is 1. The first kappa shape index (κ1) is 17.2. The molecule has 4 nitrogen and oxygen atoms in total. The lowest BCUT2D eigenvalue weighted by Crippen LogP contribution is -2.46. The predicted octanol–water partition coefficient (Wildman–Crippen LogP) is 3.29. The maximum atomic E-state index is 12.6. The first-order valence-corrected chi connectivity index (χ1v) is 7.96.